The van der Waals surface area contributed by atoms with E-state index < -0.39 is 12.1 Å². The summed E-state index contributed by atoms with van der Waals surface area (Å²) in [5.74, 6) is 0.376. The van der Waals surface area contributed by atoms with Gasteiger partial charge in [-0.25, -0.2) is 9.78 Å². The van der Waals surface area contributed by atoms with Crippen LogP contribution in [0.15, 0.2) is 42.6 Å². The first-order chi connectivity index (χ1) is 12.0. The lowest BCUT2D eigenvalue weighted by Crippen LogP contribution is -2.40. The average Bonchev–Trinajstić information content (AvgIpc) is 2.91. The van der Waals surface area contributed by atoms with Gasteiger partial charge in [-0.15, -0.1) is 0 Å². The van der Waals surface area contributed by atoms with Crippen molar-refractivity contribution in [1.29, 1.82) is 0 Å². The number of hydrogen-bond acceptors (Lipinski definition) is 4. The number of aromatic nitrogens is 1. The van der Waals surface area contributed by atoms with E-state index in [1.807, 2.05) is 24.3 Å². The van der Waals surface area contributed by atoms with E-state index in [1.165, 1.54) is 18.0 Å². The SMILES string of the molecule is CC(=O)N(C)c1ccc(NC(=O)N[C@@H]2Cc3ccccc3[C@H]2O)cn1. The second-order valence-electron chi connectivity index (χ2n) is 6.04. The molecule has 7 heteroatoms. The molecule has 1 aromatic carbocycles. The van der Waals surface area contributed by atoms with Crippen molar-refractivity contribution < 1.29 is 14.7 Å². The van der Waals surface area contributed by atoms with Crippen LogP contribution in [0.3, 0.4) is 0 Å². The van der Waals surface area contributed by atoms with Gasteiger partial charge in [0.15, 0.2) is 0 Å². The van der Waals surface area contributed by atoms with Crippen LogP contribution in [-0.2, 0) is 11.2 Å². The van der Waals surface area contributed by atoms with Crippen molar-refractivity contribution in [2.24, 2.45) is 0 Å². The van der Waals surface area contributed by atoms with Crippen LogP contribution >= 0.6 is 0 Å². The number of carbonyl (C=O) groups is 2. The molecule has 7 nitrogen and oxygen atoms in total. The number of carbonyl (C=O) groups excluding carboxylic acids is 2. The summed E-state index contributed by atoms with van der Waals surface area (Å²) in [5.41, 5.74) is 2.40. The van der Waals surface area contributed by atoms with Crippen molar-refractivity contribution in [3.05, 3.63) is 53.7 Å². The van der Waals surface area contributed by atoms with E-state index in [1.54, 1.807) is 19.2 Å². The summed E-state index contributed by atoms with van der Waals surface area (Å²) in [7, 11) is 1.63. The number of fused-ring (bicyclic) bond motifs is 1. The fourth-order valence-corrected chi connectivity index (χ4v) is 2.86. The van der Waals surface area contributed by atoms with Gasteiger partial charge in [0, 0.05) is 14.0 Å². The molecular formula is C18H20N4O3. The molecule has 1 aliphatic carbocycles. The van der Waals surface area contributed by atoms with Crippen LogP contribution in [-0.4, -0.2) is 35.1 Å². The summed E-state index contributed by atoms with van der Waals surface area (Å²) >= 11 is 0. The highest BCUT2D eigenvalue weighted by Crippen LogP contribution is 2.31. The third-order valence-corrected chi connectivity index (χ3v) is 4.33. The lowest BCUT2D eigenvalue weighted by molar-refractivity contribution is -0.116. The lowest BCUT2D eigenvalue weighted by Gasteiger charge is -2.18. The van der Waals surface area contributed by atoms with Gasteiger partial charge in [-0.3, -0.25) is 4.79 Å². The van der Waals surface area contributed by atoms with E-state index in [4.69, 9.17) is 0 Å². The highest BCUT2D eigenvalue weighted by Gasteiger charge is 2.31. The molecule has 2 aromatic rings. The summed E-state index contributed by atoms with van der Waals surface area (Å²) in [6.45, 7) is 1.45. The van der Waals surface area contributed by atoms with Gasteiger partial charge in [0.25, 0.3) is 0 Å². The fourth-order valence-electron chi connectivity index (χ4n) is 2.86. The van der Waals surface area contributed by atoms with Crippen molar-refractivity contribution >= 4 is 23.4 Å². The van der Waals surface area contributed by atoms with Crippen LogP contribution in [0.4, 0.5) is 16.3 Å². The first-order valence-corrected chi connectivity index (χ1v) is 7.99. The number of hydrogen-bond donors (Lipinski definition) is 3. The number of aliphatic hydroxyl groups excluding tert-OH is 1. The Balaban J connectivity index is 1.59. The molecule has 0 unspecified atom stereocenters. The Morgan fingerprint density at radius 1 is 1.24 bits per heavy atom. The van der Waals surface area contributed by atoms with Gasteiger partial charge >= 0.3 is 6.03 Å². The second-order valence-corrected chi connectivity index (χ2v) is 6.04. The molecule has 0 spiro atoms. The maximum absolute atomic E-state index is 12.2. The zero-order valence-electron chi connectivity index (χ0n) is 14.1. The number of nitrogens with zero attached hydrogens (tertiary/aromatic N) is 2. The third kappa shape index (κ3) is 3.61. The van der Waals surface area contributed by atoms with Crippen molar-refractivity contribution in [2.45, 2.75) is 25.5 Å². The molecule has 0 saturated carbocycles. The number of urea groups is 1. The predicted octanol–water partition coefficient (Wildman–Crippen LogP) is 1.84. The fraction of sp³-hybridized carbons (Fsp3) is 0.278. The summed E-state index contributed by atoms with van der Waals surface area (Å²) < 4.78 is 0. The second kappa shape index (κ2) is 6.90. The predicted molar refractivity (Wildman–Crippen MR) is 94.4 cm³/mol. The molecule has 0 saturated heterocycles. The maximum Gasteiger partial charge on any atom is 0.319 e. The molecule has 1 aliphatic rings. The normalized spacial score (nSPS) is 18.4. The van der Waals surface area contributed by atoms with Crippen molar-refractivity contribution in [1.82, 2.24) is 10.3 Å². The Morgan fingerprint density at radius 3 is 2.64 bits per heavy atom. The van der Waals surface area contributed by atoms with E-state index in [2.05, 4.69) is 15.6 Å². The number of amides is 3. The zero-order chi connectivity index (χ0) is 18.0. The van der Waals surface area contributed by atoms with E-state index in [-0.39, 0.29) is 11.9 Å². The van der Waals surface area contributed by atoms with Gasteiger partial charge in [0.05, 0.1) is 24.0 Å². The van der Waals surface area contributed by atoms with Crippen LogP contribution in [0.25, 0.3) is 0 Å². The Hall–Kier alpha value is -2.93. The maximum atomic E-state index is 12.2. The van der Waals surface area contributed by atoms with E-state index >= 15 is 0 Å². The molecule has 3 N–H and O–H groups in total. The standard InChI is InChI=1S/C18H20N4O3/c1-11(23)22(2)16-8-7-13(10-19-16)20-18(25)21-15-9-12-5-3-4-6-14(12)17(15)24/h3-8,10,15,17,24H,9H2,1-2H3,(H2,20,21,25)/t15-,17-/m1/s1. The first kappa shape index (κ1) is 16.9. The topological polar surface area (TPSA) is 94.6 Å². The number of benzene rings is 1. The summed E-state index contributed by atoms with van der Waals surface area (Å²) in [6.07, 6.45) is 1.35. The number of aliphatic hydroxyl groups is 1. The molecule has 3 amide bonds. The summed E-state index contributed by atoms with van der Waals surface area (Å²) in [5, 5.41) is 15.8. The number of anilines is 2. The van der Waals surface area contributed by atoms with Gasteiger partial charge in [-0.1, -0.05) is 24.3 Å². The molecule has 2 atom stereocenters. The number of nitrogens with one attached hydrogen (secondary N) is 2. The highest BCUT2D eigenvalue weighted by molar-refractivity contribution is 5.91. The van der Waals surface area contributed by atoms with E-state index in [0.717, 1.165) is 11.1 Å². The molecule has 3 rings (SSSR count). The quantitative estimate of drug-likeness (QED) is 0.795. The number of rotatable bonds is 3. The summed E-state index contributed by atoms with van der Waals surface area (Å²) in [6, 6.07) is 10.1. The van der Waals surface area contributed by atoms with E-state index in [0.29, 0.717) is 17.9 Å². The monoisotopic (exact) mass is 340 g/mol. The van der Waals surface area contributed by atoms with Gasteiger partial charge < -0.3 is 20.6 Å². The molecule has 0 fully saturated rings. The molecule has 1 aromatic heterocycles. The van der Waals surface area contributed by atoms with Crippen molar-refractivity contribution in [3.63, 3.8) is 0 Å². The molecule has 0 radical (unpaired) electrons. The molecular weight excluding hydrogens is 320 g/mol. The molecule has 0 aliphatic heterocycles. The Kier molecular flexibility index (Phi) is 4.67. The van der Waals surface area contributed by atoms with Crippen LogP contribution in [0, 0.1) is 0 Å². The minimum atomic E-state index is -0.716. The molecule has 130 valence electrons. The highest BCUT2D eigenvalue weighted by atomic mass is 16.3. The van der Waals surface area contributed by atoms with Crippen LogP contribution in [0.1, 0.15) is 24.2 Å². The Labute approximate surface area is 145 Å². The van der Waals surface area contributed by atoms with Crippen molar-refractivity contribution in [3.8, 4) is 0 Å². The average molecular weight is 340 g/mol. The Bertz CT molecular complexity index is 791. The molecule has 1 heterocycles. The van der Waals surface area contributed by atoms with Crippen LogP contribution in [0.2, 0.25) is 0 Å². The Morgan fingerprint density at radius 2 is 2.00 bits per heavy atom. The van der Waals surface area contributed by atoms with Crippen LogP contribution in [0.5, 0.6) is 0 Å². The van der Waals surface area contributed by atoms with E-state index in [9.17, 15) is 14.7 Å². The van der Waals surface area contributed by atoms with Crippen molar-refractivity contribution in [2.75, 3.05) is 17.3 Å². The lowest BCUT2D eigenvalue weighted by atomic mass is 10.1. The molecule has 25 heavy (non-hydrogen) atoms. The summed E-state index contributed by atoms with van der Waals surface area (Å²) in [4.78, 5) is 29.0. The first-order valence-electron chi connectivity index (χ1n) is 7.99. The minimum absolute atomic E-state index is 0.124. The minimum Gasteiger partial charge on any atom is -0.386 e. The van der Waals surface area contributed by atoms with Gasteiger partial charge in [-0.05, 0) is 29.7 Å². The largest absolute Gasteiger partial charge is 0.386 e. The van der Waals surface area contributed by atoms with Gasteiger partial charge in [0.2, 0.25) is 5.91 Å². The zero-order valence-corrected chi connectivity index (χ0v) is 14.1. The van der Waals surface area contributed by atoms with Crippen LogP contribution < -0.4 is 15.5 Å². The number of pyridine rings is 1. The van der Waals surface area contributed by atoms with Gasteiger partial charge in [-0.2, -0.15) is 0 Å². The third-order valence-electron chi connectivity index (χ3n) is 4.33. The van der Waals surface area contributed by atoms with Gasteiger partial charge in [0.1, 0.15) is 5.82 Å². The smallest absolute Gasteiger partial charge is 0.319 e. The molecule has 0 bridgehead atoms.